The fraction of sp³-hybridized carbons (Fsp3) is 0.550. The van der Waals surface area contributed by atoms with Crippen LogP contribution < -0.4 is 5.32 Å². The zero-order chi connectivity index (χ0) is 19.3. The first-order valence-electron chi connectivity index (χ1n) is 8.89. The second kappa shape index (κ2) is 6.19. The Hall–Kier alpha value is -1.69. The van der Waals surface area contributed by atoms with Gasteiger partial charge in [0, 0.05) is 11.1 Å². The molecule has 2 bridgehead atoms. The first-order valence-corrected chi connectivity index (χ1v) is 9.80. The molecule has 3 atom stereocenters. The highest BCUT2D eigenvalue weighted by atomic mass is 79.9. The van der Waals surface area contributed by atoms with E-state index in [0.717, 1.165) is 6.42 Å². The maximum Gasteiger partial charge on any atom is 0.338 e. The number of anilines is 1. The number of ketones is 1. The number of esters is 1. The quantitative estimate of drug-likeness (QED) is 0.589. The third-order valence-corrected chi connectivity index (χ3v) is 7.98. The van der Waals surface area contributed by atoms with E-state index in [1.54, 1.807) is 31.2 Å². The minimum Gasteiger partial charge on any atom is -0.462 e. The molecule has 3 rings (SSSR count). The lowest BCUT2D eigenvalue weighted by molar-refractivity contribution is -0.130. The predicted molar refractivity (Wildman–Crippen MR) is 102 cm³/mol. The number of hydrogen-bond acceptors (Lipinski definition) is 4. The summed E-state index contributed by atoms with van der Waals surface area (Å²) in [5.74, 6) is -0.428. The summed E-state index contributed by atoms with van der Waals surface area (Å²) in [5, 5.41) is 2.95. The zero-order valence-corrected chi connectivity index (χ0v) is 17.1. The van der Waals surface area contributed by atoms with E-state index in [0.29, 0.717) is 24.3 Å². The van der Waals surface area contributed by atoms with E-state index in [2.05, 4.69) is 21.2 Å². The minimum absolute atomic E-state index is 0.113. The maximum atomic E-state index is 13.2. The van der Waals surface area contributed by atoms with Crippen molar-refractivity contribution in [1.82, 2.24) is 0 Å². The van der Waals surface area contributed by atoms with Gasteiger partial charge in [-0.25, -0.2) is 4.79 Å². The van der Waals surface area contributed by atoms with Gasteiger partial charge in [0.15, 0.2) is 5.78 Å². The van der Waals surface area contributed by atoms with Crippen molar-refractivity contribution >= 4 is 39.3 Å². The maximum absolute atomic E-state index is 13.2. The van der Waals surface area contributed by atoms with E-state index in [1.807, 2.05) is 20.8 Å². The van der Waals surface area contributed by atoms with E-state index in [1.165, 1.54) is 0 Å². The molecule has 2 aliphatic carbocycles. The molecule has 140 valence electrons. The summed E-state index contributed by atoms with van der Waals surface area (Å²) in [6, 6.07) is 6.62. The molecule has 2 saturated carbocycles. The summed E-state index contributed by atoms with van der Waals surface area (Å²) < 4.78 is 4.96. The van der Waals surface area contributed by atoms with Crippen molar-refractivity contribution < 1.29 is 19.1 Å². The third kappa shape index (κ3) is 2.30. The normalized spacial score (nSPS) is 31.7. The second-order valence-corrected chi connectivity index (χ2v) is 8.82. The van der Waals surface area contributed by atoms with Crippen molar-refractivity contribution in [3.05, 3.63) is 29.8 Å². The number of benzene rings is 1. The van der Waals surface area contributed by atoms with Crippen molar-refractivity contribution in [2.75, 3.05) is 11.9 Å². The highest BCUT2D eigenvalue weighted by molar-refractivity contribution is 9.10. The Labute approximate surface area is 162 Å². The van der Waals surface area contributed by atoms with E-state index < -0.39 is 27.0 Å². The van der Waals surface area contributed by atoms with Gasteiger partial charge in [-0.3, -0.25) is 9.59 Å². The molecule has 1 N–H and O–H groups in total. The summed E-state index contributed by atoms with van der Waals surface area (Å²) in [6.45, 7) is 8.07. The molecular weight excluding hydrogens is 398 g/mol. The number of alkyl halides is 1. The zero-order valence-electron chi connectivity index (χ0n) is 15.5. The summed E-state index contributed by atoms with van der Waals surface area (Å²) in [4.78, 5) is 37.3. The molecule has 1 amide bonds. The molecule has 26 heavy (non-hydrogen) atoms. The standard InChI is InChI=1S/C20H24BrNO4/c1-5-26-16(24)12-6-8-13(9-7-12)22-17(25)20-11-10-19(4,18(20,2)3)15(23)14(20)21/h6-9,14H,5,10-11H2,1-4H3,(H,22,25)/t14-,19-,20-/m0/s1. The Morgan fingerprint density at radius 3 is 2.31 bits per heavy atom. The van der Waals surface area contributed by atoms with Crippen LogP contribution in [0.2, 0.25) is 0 Å². The van der Waals surface area contributed by atoms with Crippen molar-refractivity contribution in [3.8, 4) is 0 Å². The molecule has 1 aromatic rings. The number of rotatable bonds is 4. The topological polar surface area (TPSA) is 72.5 Å². The number of carbonyl (C=O) groups excluding carboxylic acids is 3. The van der Waals surface area contributed by atoms with Crippen molar-refractivity contribution in [2.24, 2.45) is 16.2 Å². The SMILES string of the molecule is CCOC(=O)c1ccc(NC(=O)[C@]23CC[C@@](C)(C(=O)[C@@H]2Br)C3(C)C)cc1. The highest BCUT2D eigenvalue weighted by Crippen LogP contribution is 2.72. The van der Waals surface area contributed by atoms with Crippen LogP contribution in [0, 0.1) is 16.2 Å². The van der Waals surface area contributed by atoms with Gasteiger partial charge in [-0.1, -0.05) is 36.7 Å². The number of halogens is 1. The lowest BCUT2D eigenvalue weighted by Gasteiger charge is -2.39. The number of Topliss-reactive ketones (excluding diaryl/α,β-unsaturated/α-hetero) is 1. The number of carbonyl (C=O) groups is 3. The van der Waals surface area contributed by atoms with Crippen molar-refractivity contribution in [2.45, 2.75) is 45.4 Å². The molecule has 2 fully saturated rings. The largest absolute Gasteiger partial charge is 0.462 e. The average molecular weight is 422 g/mol. The number of ether oxygens (including phenoxy) is 1. The van der Waals surface area contributed by atoms with Crippen molar-refractivity contribution in [1.29, 1.82) is 0 Å². The Morgan fingerprint density at radius 2 is 1.81 bits per heavy atom. The Bertz CT molecular complexity index is 773. The van der Waals surface area contributed by atoms with Crippen LogP contribution in [0.15, 0.2) is 24.3 Å². The molecule has 0 unspecified atom stereocenters. The van der Waals surface area contributed by atoms with E-state index >= 15 is 0 Å². The van der Waals surface area contributed by atoms with Crippen LogP contribution >= 0.6 is 15.9 Å². The summed E-state index contributed by atoms with van der Waals surface area (Å²) in [7, 11) is 0. The highest BCUT2D eigenvalue weighted by Gasteiger charge is 2.76. The number of nitrogens with one attached hydrogen (secondary N) is 1. The summed E-state index contributed by atoms with van der Waals surface area (Å²) in [5.41, 5.74) is -0.683. The van der Waals surface area contributed by atoms with Gasteiger partial charge >= 0.3 is 5.97 Å². The smallest absolute Gasteiger partial charge is 0.338 e. The lowest BCUT2D eigenvalue weighted by Crippen LogP contribution is -2.47. The van der Waals surface area contributed by atoms with E-state index in [9.17, 15) is 14.4 Å². The molecule has 0 radical (unpaired) electrons. The van der Waals surface area contributed by atoms with Gasteiger partial charge in [0.05, 0.1) is 22.4 Å². The van der Waals surface area contributed by atoms with Gasteiger partial charge in [0.1, 0.15) is 0 Å². The van der Waals surface area contributed by atoms with Gasteiger partial charge < -0.3 is 10.1 Å². The fourth-order valence-electron chi connectivity index (χ4n) is 4.60. The number of fused-ring (bicyclic) bond motifs is 2. The first-order chi connectivity index (χ1) is 12.1. The van der Waals surface area contributed by atoms with Crippen LogP contribution in [0.5, 0.6) is 0 Å². The molecule has 2 aliphatic rings. The van der Waals surface area contributed by atoms with Crippen LogP contribution in [-0.4, -0.2) is 29.1 Å². The van der Waals surface area contributed by atoms with E-state index in [-0.39, 0.29) is 11.7 Å². The number of amides is 1. The second-order valence-electron chi connectivity index (χ2n) is 7.91. The monoisotopic (exact) mass is 421 g/mol. The van der Waals surface area contributed by atoms with Gasteiger partial charge in [0.2, 0.25) is 5.91 Å². The van der Waals surface area contributed by atoms with Gasteiger partial charge in [-0.2, -0.15) is 0 Å². The molecule has 0 saturated heterocycles. The molecular formula is C20H24BrNO4. The molecule has 0 heterocycles. The van der Waals surface area contributed by atoms with Gasteiger partial charge in [0.25, 0.3) is 0 Å². The number of hydrogen-bond donors (Lipinski definition) is 1. The molecule has 0 spiro atoms. The van der Waals surface area contributed by atoms with Crippen LogP contribution in [0.3, 0.4) is 0 Å². The van der Waals surface area contributed by atoms with Crippen LogP contribution in [0.25, 0.3) is 0 Å². The third-order valence-electron chi connectivity index (χ3n) is 6.78. The average Bonchev–Trinajstić information content (AvgIpc) is 2.87. The Morgan fingerprint density at radius 1 is 1.19 bits per heavy atom. The first kappa shape index (κ1) is 19.1. The predicted octanol–water partition coefficient (Wildman–Crippen LogP) is 3.96. The Balaban J connectivity index is 1.84. The summed E-state index contributed by atoms with van der Waals surface area (Å²) in [6.07, 6.45) is 1.39. The van der Waals surface area contributed by atoms with E-state index in [4.69, 9.17) is 4.74 Å². The van der Waals surface area contributed by atoms with Crippen LogP contribution in [0.1, 0.15) is 50.9 Å². The molecule has 1 aromatic carbocycles. The molecule has 0 aromatic heterocycles. The van der Waals surface area contributed by atoms with Crippen molar-refractivity contribution in [3.63, 3.8) is 0 Å². The lowest BCUT2D eigenvalue weighted by atomic mass is 9.64. The minimum atomic E-state index is -0.779. The van der Waals surface area contributed by atoms with Gasteiger partial charge in [-0.15, -0.1) is 0 Å². The fourth-order valence-corrected chi connectivity index (χ4v) is 6.12. The molecule has 0 aliphatic heterocycles. The van der Waals surface area contributed by atoms with Gasteiger partial charge in [-0.05, 0) is 49.4 Å². The molecule has 6 heteroatoms. The summed E-state index contributed by atoms with van der Waals surface area (Å²) >= 11 is 3.52. The van der Waals surface area contributed by atoms with Crippen LogP contribution in [0.4, 0.5) is 5.69 Å². The van der Waals surface area contributed by atoms with Crippen LogP contribution in [-0.2, 0) is 14.3 Å². The Kier molecular flexibility index (Phi) is 4.54. The molecule has 5 nitrogen and oxygen atoms in total.